The maximum Gasteiger partial charge on any atom is 0.252 e. The van der Waals surface area contributed by atoms with E-state index in [4.69, 9.17) is 0 Å². The molecule has 3 rings (SSSR count). The molecule has 1 heterocycles. The van der Waals surface area contributed by atoms with Crippen molar-refractivity contribution in [2.24, 2.45) is 5.92 Å². The van der Waals surface area contributed by atoms with E-state index in [-0.39, 0.29) is 17.7 Å². The molecule has 7 heteroatoms. The average Bonchev–Trinajstić information content (AvgIpc) is 3.15. The third-order valence-electron chi connectivity index (χ3n) is 4.30. The van der Waals surface area contributed by atoms with Crippen molar-refractivity contribution in [1.29, 1.82) is 0 Å². The highest BCUT2D eigenvalue weighted by Crippen LogP contribution is 2.26. The molecule has 2 amide bonds. The van der Waals surface area contributed by atoms with Crippen molar-refractivity contribution < 1.29 is 9.59 Å². The van der Waals surface area contributed by atoms with E-state index in [1.165, 1.54) is 11.3 Å². The minimum absolute atomic E-state index is 0.0884. The van der Waals surface area contributed by atoms with Crippen molar-refractivity contribution in [3.8, 4) is 10.6 Å². The Balaban J connectivity index is 1.71. The molecule has 0 aliphatic heterocycles. The molecule has 0 saturated heterocycles. The van der Waals surface area contributed by atoms with Gasteiger partial charge in [-0.05, 0) is 24.5 Å². The molecule has 144 valence electrons. The molecule has 0 fully saturated rings. The van der Waals surface area contributed by atoms with Crippen molar-refractivity contribution in [2.45, 2.75) is 26.8 Å². The van der Waals surface area contributed by atoms with Crippen molar-refractivity contribution in [2.75, 3.05) is 5.32 Å². The summed E-state index contributed by atoms with van der Waals surface area (Å²) in [6.07, 6.45) is 0. The Morgan fingerprint density at radius 2 is 1.64 bits per heavy atom. The molecule has 6 nitrogen and oxygen atoms in total. The topological polar surface area (TPSA) is 84.0 Å². The van der Waals surface area contributed by atoms with E-state index in [0.29, 0.717) is 10.7 Å². The highest BCUT2D eigenvalue weighted by atomic mass is 32.1. The van der Waals surface area contributed by atoms with Crippen molar-refractivity contribution >= 4 is 28.3 Å². The number of hydrogen-bond donors (Lipinski definition) is 2. The number of benzene rings is 2. The van der Waals surface area contributed by atoms with Gasteiger partial charge in [0.25, 0.3) is 5.91 Å². The minimum Gasteiger partial charge on any atom is -0.340 e. The average molecular weight is 395 g/mol. The summed E-state index contributed by atoms with van der Waals surface area (Å²) in [7, 11) is 0. The van der Waals surface area contributed by atoms with E-state index in [2.05, 4.69) is 20.8 Å². The molecule has 0 aliphatic carbocycles. The summed E-state index contributed by atoms with van der Waals surface area (Å²) < 4.78 is 0. The zero-order valence-corrected chi connectivity index (χ0v) is 16.8. The van der Waals surface area contributed by atoms with Crippen LogP contribution in [-0.2, 0) is 4.79 Å². The summed E-state index contributed by atoms with van der Waals surface area (Å²) in [5.74, 6) is -0.670. The molecule has 0 saturated carbocycles. The van der Waals surface area contributed by atoms with Crippen LogP contribution in [0.4, 0.5) is 5.13 Å². The Morgan fingerprint density at radius 1 is 0.964 bits per heavy atom. The molecule has 1 aromatic heterocycles. The second kappa shape index (κ2) is 8.75. The summed E-state index contributed by atoms with van der Waals surface area (Å²) in [5.41, 5.74) is 2.36. The van der Waals surface area contributed by atoms with Crippen LogP contribution in [0.2, 0.25) is 0 Å². The van der Waals surface area contributed by atoms with Crippen LogP contribution >= 0.6 is 11.3 Å². The van der Waals surface area contributed by atoms with Crippen LogP contribution in [-0.4, -0.2) is 28.1 Å². The van der Waals surface area contributed by atoms with Gasteiger partial charge in [-0.25, -0.2) is 0 Å². The molecule has 0 aliphatic rings. The van der Waals surface area contributed by atoms with E-state index in [9.17, 15) is 9.59 Å². The lowest BCUT2D eigenvalue weighted by Gasteiger charge is -2.21. The number of carbonyl (C=O) groups is 2. The molecular formula is C21H22N4O2S. The van der Waals surface area contributed by atoms with Gasteiger partial charge in [-0.15, -0.1) is 10.2 Å². The van der Waals surface area contributed by atoms with E-state index in [0.717, 1.165) is 16.1 Å². The summed E-state index contributed by atoms with van der Waals surface area (Å²) in [6, 6.07) is 16.3. The van der Waals surface area contributed by atoms with Crippen molar-refractivity contribution in [1.82, 2.24) is 15.5 Å². The number of rotatable bonds is 6. The predicted octanol–water partition coefficient (Wildman–Crippen LogP) is 3.91. The van der Waals surface area contributed by atoms with Gasteiger partial charge < -0.3 is 5.32 Å². The van der Waals surface area contributed by atoms with E-state index in [1.807, 2.05) is 63.2 Å². The highest BCUT2D eigenvalue weighted by molar-refractivity contribution is 7.18. The molecule has 0 radical (unpaired) electrons. The molecule has 0 bridgehead atoms. The Hall–Kier alpha value is -3.06. The number of aryl methyl sites for hydroxylation is 1. The lowest BCUT2D eigenvalue weighted by atomic mass is 10.0. The van der Waals surface area contributed by atoms with Crippen LogP contribution in [0.5, 0.6) is 0 Å². The molecule has 28 heavy (non-hydrogen) atoms. The monoisotopic (exact) mass is 394 g/mol. The summed E-state index contributed by atoms with van der Waals surface area (Å²) in [4.78, 5) is 25.4. The van der Waals surface area contributed by atoms with Gasteiger partial charge in [-0.1, -0.05) is 73.7 Å². The first-order valence-corrected chi connectivity index (χ1v) is 9.83. The SMILES string of the molecule is Cc1ccccc1C(=O)NC(C(=O)Nc1nnc(-c2ccccc2)s1)C(C)C. The van der Waals surface area contributed by atoms with Crippen LogP contribution in [0.25, 0.3) is 10.6 Å². The van der Waals surface area contributed by atoms with Crippen LogP contribution < -0.4 is 10.6 Å². The zero-order chi connectivity index (χ0) is 20.1. The number of hydrogen-bond acceptors (Lipinski definition) is 5. The zero-order valence-electron chi connectivity index (χ0n) is 16.0. The predicted molar refractivity (Wildman–Crippen MR) is 111 cm³/mol. The Kier molecular flexibility index (Phi) is 6.16. The third kappa shape index (κ3) is 4.61. The van der Waals surface area contributed by atoms with Gasteiger partial charge in [-0.2, -0.15) is 0 Å². The fourth-order valence-corrected chi connectivity index (χ4v) is 3.49. The van der Waals surface area contributed by atoms with Gasteiger partial charge in [0.2, 0.25) is 11.0 Å². The van der Waals surface area contributed by atoms with Gasteiger partial charge in [0, 0.05) is 11.1 Å². The molecule has 2 aromatic carbocycles. The Bertz CT molecular complexity index is 969. The maximum absolute atomic E-state index is 12.8. The largest absolute Gasteiger partial charge is 0.340 e. The minimum atomic E-state index is -0.684. The summed E-state index contributed by atoms with van der Waals surface area (Å²) in [5, 5.41) is 14.9. The summed E-state index contributed by atoms with van der Waals surface area (Å²) >= 11 is 1.29. The van der Waals surface area contributed by atoms with Gasteiger partial charge in [0.05, 0.1) is 0 Å². The van der Waals surface area contributed by atoms with Gasteiger partial charge in [-0.3, -0.25) is 14.9 Å². The van der Waals surface area contributed by atoms with Gasteiger partial charge >= 0.3 is 0 Å². The quantitative estimate of drug-likeness (QED) is 0.664. The van der Waals surface area contributed by atoms with Crippen molar-refractivity contribution in [3.63, 3.8) is 0 Å². The molecule has 3 aromatic rings. The number of anilines is 1. The smallest absolute Gasteiger partial charge is 0.252 e. The Morgan fingerprint density at radius 3 is 2.32 bits per heavy atom. The number of nitrogens with one attached hydrogen (secondary N) is 2. The first-order valence-electron chi connectivity index (χ1n) is 9.02. The molecule has 2 N–H and O–H groups in total. The molecule has 1 atom stereocenters. The molecule has 1 unspecified atom stereocenters. The van der Waals surface area contributed by atoms with Gasteiger partial charge in [0.15, 0.2) is 0 Å². The number of nitrogens with zero attached hydrogens (tertiary/aromatic N) is 2. The van der Waals surface area contributed by atoms with Gasteiger partial charge in [0.1, 0.15) is 11.0 Å². The first-order chi connectivity index (χ1) is 13.5. The lowest BCUT2D eigenvalue weighted by molar-refractivity contribution is -0.118. The molecular weight excluding hydrogens is 372 g/mol. The van der Waals surface area contributed by atoms with Crippen LogP contribution in [0.15, 0.2) is 54.6 Å². The third-order valence-corrected chi connectivity index (χ3v) is 5.19. The fraction of sp³-hybridized carbons (Fsp3) is 0.238. The maximum atomic E-state index is 12.8. The van der Waals surface area contributed by atoms with E-state index < -0.39 is 6.04 Å². The van der Waals surface area contributed by atoms with Crippen LogP contribution in [0.3, 0.4) is 0 Å². The Labute approximate surface area is 168 Å². The highest BCUT2D eigenvalue weighted by Gasteiger charge is 2.26. The molecule has 0 spiro atoms. The van der Waals surface area contributed by atoms with Crippen LogP contribution in [0, 0.1) is 12.8 Å². The number of carbonyl (C=O) groups excluding carboxylic acids is 2. The lowest BCUT2D eigenvalue weighted by Crippen LogP contribution is -2.47. The standard InChI is InChI=1S/C21H22N4O2S/c1-13(2)17(22-18(26)16-12-8-7-9-14(16)3)19(27)23-21-25-24-20(28-21)15-10-5-4-6-11-15/h4-13,17H,1-3H3,(H,22,26)(H,23,25,27). The number of aromatic nitrogens is 2. The fourth-order valence-electron chi connectivity index (χ4n) is 2.74. The number of amides is 2. The second-order valence-electron chi connectivity index (χ2n) is 6.78. The second-order valence-corrected chi connectivity index (χ2v) is 7.76. The van der Waals surface area contributed by atoms with Crippen molar-refractivity contribution in [3.05, 3.63) is 65.7 Å². The normalized spacial score (nSPS) is 11.9. The summed E-state index contributed by atoms with van der Waals surface area (Å²) in [6.45, 7) is 5.64. The van der Waals surface area contributed by atoms with E-state index in [1.54, 1.807) is 12.1 Å². The first kappa shape index (κ1) is 19.7. The van der Waals surface area contributed by atoms with Crippen LogP contribution in [0.1, 0.15) is 29.8 Å². The van der Waals surface area contributed by atoms with E-state index >= 15 is 0 Å².